The van der Waals surface area contributed by atoms with Gasteiger partial charge in [-0.1, -0.05) is 22.0 Å². The van der Waals surface area contributed by atoms with E-state index in [4.69, 9.17) is 15.2 Å². The van der Waals surface area contributed by atoms with Gasteiger partial charge < -0.3 is 25.8 Å². The molecule has 7 nitrogen and oxygen atoms in total. The van der Waals surface area contributed by atoms with E-state index in [2.05, 4.69) is 31.6 Å². The molecule has 9 heteroatoms. The number of anilines is 1. The Labute approximate surface area is 190 Å². The third-order valence-corrected chi connectivity index (χ3v) is 4.15. The molecule has 0 saturated carbocycles. The van der Waals surface area contributed by atoms with E-state index in [-0.39, 0.29) is 35.8 Å². The molecular weight excluding hydrogens is 539 g/mol. The Hall–Kier alpha value is -2.01. The number of carbonyl (C=O) groups is 1. The Kier molecular flexibility index (Phi) is 10.7. The fourth-order valence-electron chi connectivity index (χ4n) is 2.30. The van der Waals surface area contributed by atoms with Crippen LogP contribution in [0.2, 0.25) is 0 Å². The zero-order valence-electron chi connectivity index (χ0n) is 15.7. The Morgan fingerprint density at radius 1 is 1.18 bits per heavy atom. The van der Waals surface area contributed by atoms with Crippen molar-refractivity contribution >= 4 is 57.5 Å². The van der Waals surface area contributed by atoms with Crippen molar-refractivity contribution < 1.29 is 14.3 Å². The first-order valence-corrected chi connectivity index (χ1v) is 9.15. The number of halogens is 2. The van der Waals surface area contributed by atoms with Gasteiger partial charge in [-0.15, -0.1) is 24.0 Å². The number of hydrogen-bond acceptors (Lipinski definition) is 4. The molecule has 0 spiro atoms. The number of nitrogens with one attached hydrogen (secondary N) is 2. The molecule has 0 unspecified atom stereocenters. The van der Waals surface area contributed by atoms with Crippen LogP contribution in [0.25, 0.3) is 0 Å². The van der Waals surface area contributed by atoms with Gasteiger partial charge in [0.05, 0.1) is 19.9 Å². The molecule has 152 valence electrons. The van der Waals surface area contributed by atoms with Crippen LogP contribution < -0.4 is 25.8 Å². The zero-order chi connectivity index (χ0) is 19.6. The minimum absolute atomic E-state index is 0. The van der Waals surface area contributed by atoms with E-state index >= 15 is 0 Å². The zero-order valence-corrected chi connectivity index (χ0v) is 19.6. The minimum atomic E-state index is -0.118. The molecule has 0 atom stereocenters. The summed E-state index contributed by atoms with van der Waals surface area (Å²) in [7, 11) is 3.17. The molecule has 0 aliphatic carbocycles. The fraction of sp³-hybridized carbons (Fsp3) is 0.263. The summed E-state index contributed by atoms with van der Waals surface area (Å²) in [5, 5.41) is 5.85. The van der Waals surface area contributed by atoms with Crippen LogP contribution in [0.4, 0.5) is 5.69 Å². The number of methoxy groups -OCH3 is 2. The van der Waals surface area contributed by atoms with Gasteiger partial charge in [-0.2, -0.15) is 0 Å². The van der Waals surface area contributed by atoms with Gasteiger partial charge in [-0.05, 0) is 36.8 Å². The minimum Gasteiger partial charge on any atom is -0.497 e. The van der Waals surface area contributed by atoms with Gasteiger partial charge in [0.25, 0.3) is 5.91 Å². The molecule has 0 bridgehead atoms. The predicted molar refractivity (Wildman–Crippen MR) is 126 cm³/mol. The maximum atomic E-state index is 12.0. The van der Waals surface area contributed by atoms with E-state index in [0.29, 0.717) is 42.3 Å². The van der Waals surface area contributed by atoms with Gasteiger partial charge >= 0.3 is 0 Å². The molecule has 2 aromatic carbocycles. The van der Waals surface area contributed by atoms with Crippen molar-refractivity contribution in [3.05, 3.63) is 52.5 Å². The Morgan fingerprint density at radius 3 is 2.64 bits per heavy atom. The summed E-state index contributed by atoms with van der Waals surface area (Å²) >= 11 is 3.35. The summed E-state index contributed by atoms with van der Waals surface area (Å²) in [5.74, 6) is 1.46. The van der Waals surface area contributed by atoms with Gasteiger partial charge in [-0.3, -0.25) is 9.79 Å². The molecule has 4 N–H and O–H groups in total. The summed E-state index contributed by atoms with van der Waals surface area (Å²) < 4.78 is 11.3. The van der Waals surface area contributed by atoms with E-state index in [0.717, 1.165) is 4.47 Å². The number of nitrogens with two attached hydrogens (primary N) is 1. The number of carbonyl (C=O) groups excluding carboxylic acids is 1. The first-order chi connectivity index (χ1) is 13.0. The third kappa shape index (κ3) is 7.55. The second-order valence-electron chi connectivity index (χ2n) is 5.58. The second-order valence-corrected chi connectivity index (χ2v) is 6.49. The molecule has 0 heterocycles. The van der Waals surface area contributed by atoms with E-state index in [9.17, 15) is 4.79 Å². The number of rotatable bonds is 8. The molecule has 1 amide bonds. The topological polar surface area (TPSA) is 98.0 Å². The summed E-state index contributed by atoms with van der Waals surface area (Å²) in [6.07, 6.45) is 0.664. The van der Waals surface area contributed by atoms with Gasteiger partial charge in [-0.25, -0.2) is 0 Å². The van der Waals surface area contributed by atoms with Crippen LogP contribution in [0.1, 0.15) is 16.8 Å². The molecule has 0 aromatic heterocycles. The van der Waals surface area contributed by atoms with Crippen molar-refractivity contribution in [2.24, 2.45) is 10.7 Å². The van der Waals surface area contributed by atoms with Crippen LogP contribution in [-0.2, 0) is 0 Å². The summed E-state index contributed by atoms with van der Waals surface area (Å²) in [6, 6.07) is 12.6. The third-order valence-electron chi connectivity index (χ3n) is 3.66. The summed E-state index contributed by atoms with van der Waals surface area (Å²) in [6.45, 7) is 0.981. The molecule has 2 rings (SSSR count). The molecule has 28 heavy (non-hydrogen) atoms. The van der Waals surface area contributed by atoms with Crippen molar-refractivity contribution in [2.45, 2.75) is 6.42 Å². The standard InChI is InChI=1S/C19H23BrN4O3.HI/c1-26-15-7-8-17(27-2)16(12-15)24-19(21)23-10-4-9-22-18(25)13-5-3-6-14(20)11-13;/h3,5-8,11-12H,4,9-10H2,1-2H3,(H,22,25)(H3,21,23,24);1H. The Morgan fingerprint density at radius 2 is 1.96 bits per heavy atom. The Balaban J connectivity index is 0.00000392. The highest BCUT2D eigenvalue weighted by molar-refractivity contribution is 14.0. The average molecular weight is 563 g/mol. The Bertz CT molecular complexity index is 818. The summed E-state index contributed by atoms with van der Waals surface area (Å²) in [4.78, 5) is 16.3. The highest BCUT2D eigenvalue weighted by atomic mass is 127. The lowest BCUT2D eigenvalue weighted by molar-refractivity contribution is 0.0953. The maximum Gasteiger partial charge on any atom is 0.251 e. The molecular formula is C19H24BrIN4O3. The van der Waals surface area contributed by atoms with Crippen LogP contribution in [-0.4, -0.2) is 39.2 Å². The molecule has 0 saturated heterocycles. The lowest BCUT2D eigenvalue weighted by Crippen LogP contribution is -2.26. The number of aliphatic imine (C=N–C) groups is 1. The molecule has 0 fully saturated rings. The van der Waals surface area contributed by atoms with Crippen molar-refractivity contribution in [2.75, 3.05) is 32.6 Å². The highest BCUT2D eigenvalue weighted by Crippen LogP contribution is 2.28. The number of guanidine groups is 1. The van der Waals surface area contributed by atoms with Crippen LogP contribution in [0.3, 0.4) is 0 Å². The van der Waals surface area contributed by atoms with Crippen LogP contribution >= 0.6 is 39.9 Å². The normalized spacial score (nSPS) is 10.6. The van der Waals surface area contributed by atoms with Crippen molar-refractivity contribution in [3.8, 4) is 11.5 Å². The molecule has 0 aliphatic rings. The SMILES string of the molecule is COc1ccc(OC)c(NC(N)=NCCCNC(=O)c2cccc(Br)c2)c1.I. The highest BCUT2D eigenvalue weighted by Gasteiger charge is 2.06. The van der Waals surface area contributed by atoms with Crippen LogP contribution in [0.5, 0.6) is 11.5 Å². The van der Waals surface area contributed by atoms with Gasteiger partial charge in [0.2, 0.25) is 0 Å². The smallest absolute Gasteiger partial charge is 0.251 e. The van der Waals surface area contributed by atoms with Gasteiger partial charge in [0.15, 0.2) is 5.96 Å². The number of ether oxygens (including phenoxy) is 2. The van der Waals surface area contributed by atoms with E-state index in [1.54, 1.807) is 44.6 Å². The van der Waals surface area contributed by atoms with E-state index in [1.165, 1.54) is 0 Å². The maximum absolute atomic E-state index is 12.0. The second kappa shape index (κ2) is 12.4. The number of hydrogen-bond donors (Lipinski definition) is 3. The molecule has 0 radical (unpaired) electrons. The van der Waals surface area contributed by atoms with E-state index < -0.39 is 0 Å². The first-order valence-electron chi connectivity index (χ1n) is 8.36. The van der Waals surface area contributed by atoms with Crippen molar-refractivity contribution in [3.63, 3.8) is 0 Å². The van der Waals surface area contributed by atoms with Crippen LogP contribution in [0, 0.1) is 0 Å². The van der Waals surface area contributed by atoms with Gasteiger partial charge in [0.1, 0.15) is 11.5 Å². The van der Waals surface area contributed by atoms with E-state index in [1.807, 2.05) is 12.1 Å². The number of amides is 1. The largest absolute Gasteiger partial charge is 0.497 e. The molecule has 2 aromatic rings. The quantitative estimate of drug-likeness (QED) is 0.197. The van der Waals surface area contributed by atoms with Gasteiger partial charge in [0, 0.05) is 29.2 Å². The monoisotopic (exact) mass is 562 g/mol. The number of benzene rings is 2. The summed E-state index contributed by atoms with van der Waals surface area (Å²) in [5.41, 5.74) is 7.20. The number of nitrogens with zero attached hydrogens (tertiary/aromatic N) is 1. The predicted octanol–water partition coefficient (Wildman–Crippen LogP) is 3.63. The lowest BCUT2D eigenvalue weighted by Gasteiger charge is -2.12. The van der Waals surface area contributed by atoms with Crippen molar-refractivity contribution in [1.82, 2.24) is 5.32 Å². The molecule has 0 aliphatic heterocycles. The fourth-order valence-corrected chi connectivity index (χ4v) is 2.70. The van der Waals surface area contributed by atoms with Crippen molar-refractivity contribution in [1.29, 1.82) is 0 Å². The lowest BCUT2D eigenvalue weighted by atomic mass is 10.2. The average Bonchev–Trinajstić information content (AvgIpc) is 2.67. The first kappa shape index (κ1) is 24.0. The van der Waals surface area contributed by atoms with Crippen LogP contribution in [0.15, 0.2) is 51.9 Å².